The molecule has 1 aromatic rings. The molecule has 0 spiro atoms. The van der Waals surface area contributed by atoms with Crippen LogP contribution in [0.4, 0.5) is 5.82 Å². The molecule has 0 amide bonds. The first-order valence-electron chi connectivity index (χ1n) is 5.96. The van der Waals surface area contributed by atoms with E-state index in [9.17, 15) is 0 Å². The Morgan fingerprint density at radius 3 is 2.59 bits per heavy atom. The van der Waals surface area contributed by atoms with Crippen molar-refractivity contribution in [2.75, 3.05) is 11.9 Å². The third-order valence-electron chi connectivity index (χ3n) is 2.40. The number of nitrogens with zero attached hydrogens (tertiary/aromatic N) is 2. The average molecular weight is 256 g/mol. The first kappa shape index (κ1) is 14.2. The molecule has 0 aliphatic carbocycles. The van der Waals surface area contributed by atoms with Gasteiger partial charge in [0.1, 0.15) is 5.82 Å². The van der Waals surface area contributed by atoms with Crippen molar-refractivity contribution < 1.29 is 0 Å². The molecule has 0 aromatic carbocycles. The van der Waals surface area contributed by atoms with Crippen molar-refractivity contribution in [3.8, 4) is 0 Å². The molecular weight excluding hydrogens is 234 g/mol. The van der Waals surface area contributed by atoms with Gasteiger partial charge in [0.2, 0.25) is 0 Å². The van der Waals surface area contributed by atoms with E-state index in [0.29, 0.717) is 0 Å². The van der Waals surface area contributed by atoms with Gasteiger partial charge in [0.15, 0.2) is 0 Å². The monoisotopic (exact) mass is 255 g/mol. The van der Waals surface area contributed by atoms with Gasteiger partial charge in [0.05, 0.1) is 16.8 Å². The van der Waals surface area contributed by atoms with Gasteiger partial charge in [-0.15, -0.1) is 11.6 Å². The maximum absolute atomic E-state index is 6.30. The molecule has 0 aliphatic heterocycles. The van der Waals surface area contributed by atoms with E-state index in [-0.39, 0.29) is 10.8 Å². The minimum absolute atomic E-state index is 0.108. The summed E-state index contributed by atoms with van der Waals surface area (Å²) in [5, 5.41) is 3.38. The molecule has 96 valence electrons. The van der Waals surface area contributed by atoms with E-state index in [4.69, 9.17) is 11.6 Å². The van der Waals surface area contributed by atoms with Crippen LogP contribution < -0.4 is 5.32 Å². The fourth-order valence-corrected chi connectivity index (χ4v) is 2.19. The number of nitrogens with one attached hydrogen (secondary N) is 1. The average Bonchev–Trinajstić information content (AvgIpc) is 2.17. The number of rotatable bonds is 4. The van der Waals surface area contributed by atoms with E-state index in [1.807, 2.05) is 13.8 Å². The lowest BCUT2D eigenvalue weighted by Gasteiger charge is -2.22. The quantitative estimate of drug-likeness (QED) is 0.837. The van der Waals surface area contributed by atoms with Crippen LogP contribution in [0.25, 0.3) is 0 Å². The van der Waals surface area contributed by atoms with Gasteiger partial charge in [-0.3, -0.25) is 4.98 Å². The number of anilines is 1. The van der Waals surface area contributed by atoms with Gasteiger partial charge in [-0.05, 0) is 25.7 Å². The number of aromatic nitrogens is 2. The van der Waals surface area contributed by atoms with Gasteiger partial charge in [0, 0.05) is 12.7 Å². The molecule has 1 N–H and O–H groups in total. The van der Waals surface area contributed by atoms with Gasteiger partial charge < -0.3 is 5.32 Å². The lowest BCUT2D eigenvalue weighted by Crippen LogP contribution is -2.21. The van der Waals surface area contributed by atoms with Gasteiger partial charge in [-0.2, -0.15) is 0 Å². The van der Waals surface area contributed by atoms with E-state index >= 15 is 0 Å². The maximum Gasteiger partial charge on any atom is 0.147 e. The highest BCUT2D eigenvalue weighted by atomic mass is 35.5. The Hall–Kier alpha value is -0.830. The topological polar surface area (TPSA) is 37.8 Å². The molecular formula is C13H22ClN3. The molecule has 0 saturated carbocycles. The summed E-state index contributed by atoms with van der Waals surface area (Å²) in [5.74, 6) is 0.838. The van der Waals surface area contributed by atoms with Gasteiger partial charge in [-0.25, -0.2) is 4.98 Å². The predicted octanol–water partition coefficient (Wildman–Crippen LogP) is 3.55. The van der Waals surface area contributed by atoms with Crippen LogP contribution in [-0.4, -0.2) is 21.9 Å². The predicted molar refractivity (Wildman–Crippen MR) is 73.7 cm³/mol. The number of aryl methyl sites for hydroxylation is 2. The van der Waals surface area contributed by atoms with Crippen LogP contribution in [-0.2, 0) is 0 Å². The van der Waals surface area contributed by atoms with Crippen LogP contribution in [0, 0.1) is 19.3 Å². The highest BCUT2D eigenvalue weighted by molar-refractivity contribution is 6.20. The molecule has 1 unspecified atom stereocenters. The standard InChI is InChI=1S/C13H22ClN3/c1-9-7-15-10(2)12(17-9)16-8-11(14)6-13(3,4)5/h7,11H,6,8H2,1-5H3,(H,16,17). The Morgan fingerprint density at radius 2 is 2.00 bits per heavy atom. The van der Waals surface area contributed by atoms with Crippen molar-refractivity contribution in [2.45, 2.75) is 46.4 Å². The lowest BCUT2D eigenvalue weighted by molar-refractivity contribution is 0.373. The summed E-state index contributed by atoms with van der Waals surface area (Å²) in [7, 11) is 0. The molecule has 17 heavy (non-hydrogen) atoms. The number of hydrogen-bond acceptors (Lipinski definition) is 3. The van der Waals surface area contributed by atoms with Crippen LogP contribution in [0.5, 0.6) is 0 Å². The van der Waals surface area contributed by atoms with Crippen LogP contribution >= 0.6 is 11.6 Å². The first-order valence-corrected chi connectivity index (χ1v) is 6.40. The summed E-state index contributed by atoms with van der Waals surface area (Å²) in [4.78, 5) is 8.67. The summed E-state index contributed by atoms with van der Waals surface area (Å²) >= 11 is 6.30. The van der Waals surface area contributed by atoms with Crippen molar-refractivity contribution in [2.24, 2.45) is 5.41 Å². The highest BCUT2D eigenvalue weighted by Crippen LogP contribution is 2.23. The zero-order valence-electron chi connectivity index (χ0n) is 11.3. The summed E-state index contributed by atoms with van der Waals surface area (Å²) < 4.78 is 0. The normalized spacial score (nSPS) is 13.5. The largest absolute Gasteiger partial charge is 0.367 e. The Balaban J connectivity index is 2.53. The third kappa shape index (κ3) is 5.35. The molecule has 3 nitrogen and oxygen atoms in total. The van der Waals surface area contributed by atoms with Crippen molar-refractivity contribution in [1.29, 1.82) is 0 Å². The number of hydrogen-bond donors (Lipinski definition) is 1. The van der Waals surface area contributed by atoms with Crippen LogP contribution in [0.1, 0.15) is 38.6 Å². The maximum atomic E-state index is 6.30. The summed E-state index contributed by atoms with van der Waals surface area (Å²) in [6, 6.07) is 0. The highest BCUT2D eigenvalue weighted by Gasteiger charge is 2.17. The Morgan fingerprint density at radius 1 is 1.35 bits per heavy atom. The molecule has 0 aliphatic rings. The third-order valence-corrected chi connectivity index (χ3v) is 2.71. The van der Waals surface area contributed by atoms with E-state index in [0.717, 1.165) is 30.2 Å². The molecule has 4 heteroatoms. The molecule has 0 radical (unpaired) electrons. The molecule has 0 saturated heterocycles. The minimum atomic E-state index is 0.108. The SMILES string of the molecule is Cc1cnc(C)c(NCC(Cl)CC(C)(C)C)n1. The second-order valence-corrected chi connectivity index (χ2v) is 6.31. The van der Waals surface area contributed by atoms with Crippen molar-refractivity contribution >= 4 is 17.4 Å². The van der Waals surface area contributed by atoms with Gasteiger partial charge in [-0.1, -0.05) is 20.8 Å². The molecule has 0 fully saturated rings. The van der Waals surface area contributed by atoms with Crippen LogP contribution in [0.3, 0.4) is 0 Å². The lowest BCUT2D eigenvalue weighted by atomic mass is 9.90. The summed E-state index contributed by atoms with van der Waals surface area (Å²) in [6.07, 6.45) is 2.74. The van der Waals surface area contributed by atoms with Gasteiger partial charge in [0.25, 0.3) is 0 Å². The molecule has 0 bridgehead atoms. The summed E-state index contributed by atoms with van der Waals surface area (Å²) in [5.41, 5.74) is 2.08. The Bertz CT molecular complexity index is 371. The first-order chi connectivity index (χ1) is 7.78. The summed E-state index contributed by atoms with van der Waals surface area (Å²) in [6.45, 7) is 11.2. The molecule has 1 heterocycles. The van der Waals surface area contributed by atoms with Crippen molar-refractivity contribution in [1.82, 2.24) is 9.97 Å². The Labute approximate surface area is 109 Å². The second-order valence-electron chi connectivity index (χ2n) is 5.69. The van der Waals surface area contributed by atoms with E-state index in [1.54, 1.807) is 6.20 Å². The van der Waals surface area contributed by atoms with Crippen LogP contribution in [0.2, 0.25) is 0 Å². The molecule has 1 atom stereocenters. The van der Waals surface area contributed by atoms with Crippen molar-refractivity contribution in [3.05, 3.63) is 17.6 Å². The molecule has 1 rings (SSSR count). The number of halogens is 1. The number of alkyl halides is 1. The van der Waals surface area contributed by atoms with E-state index in [2.05, 4.69) is 36.1 Å². The zero-order chi connectivity index (χ0) is 13.1. The fraction of sp³-hybridized carbons (Fsp3) is 0.692. The molecule has 1 aromatic heterocycles. The van der Waals surface area contributed by atoms with E-state index < -0.39 is 0 Å². The minimum Gasteiger partial charge on any atom is -0.367 e. The fourth-order valence-electron chi connectivity index (χ4n) is 1.65. The zero-order valence-corrected chi connectivity index (χ0v) is 12.1. The smallest absolute Gasteiger partial charge is 0.147 e. The van der Waals surface area contributed by atoms with Crippen LogP contribution in [0.15, 0.2) is 6.20 Å². The van der Waals surface area contributed by atoms with E-state index in [1.165, 1.54) is 0 Å². The Kier molecular flexibility index (Phi) is 4.75. The second kappa shape index (κ2) is 5.67. The van der Waals surface area contributed by atoms with Crippen molar-refractivity contribution in [3.63, 3.8) is 0 Å². The van der Waals surface area contributed by atoms with Gasteiger partial charge >= 0.3 is 0 Å².